The fourth-order valence-electron chi connectivity index (χ4n) is 3.06. The van der Waals surface area contributed by atoms with Gasteiger partial charge >= 0.3 is 5.97 Å². The monoisotopic (exact) mass is 458 g/mol. The van der Waals surface area contributed by atoms with Gasteiger partial charge in [0.2, 0.25) is 5.91 Å². The fraction of sp³-hybridized carbons (Fsp3) is 0.364. The highest BCUT2D eigenvalue weighted by Gasteiger charge is 2.18. The molecule has 0 saturated carbocycles. The number of anilines is 1. The van der Waals surface area contributed by atoms with Crippen LogP contribution >= 0.6 is 23.1 Å². The number of carbonyl (C=O) groups excluding carboxylic acids is 2. The number of nitrogens with one attached hydrogen (secondary N) is 1. The maximum atomic E-state index is 12.5. The average Bonchev–Trinajstić information content (AvgIpc) is 3.30. The number of aryl methyl sites for hydroxylation is 2. The van der Waals surface area contributed by atoms with E-state index < -0.39 is 0 Å². The summed E-state index contributed by atoms with van der Waals surface area (Å²) in [5, 5.41) is 12.9. The highest BCUT2D eigenvalue weighted by atomic mass is 32.2. The minimum atomic E-state index is -0.365. The molecule has 3 rings (SSSR count). The molecular weight excluding hydrogens is 432 g/mol. The van der Waals surface area contributed by atoms with Crippen molar-refractivity contribution < 1.29 is 14.3 Å². The molecule has 1 aromatic carbocycles. The van der Waals surface area contributed by atoms with E-state index in [-0.39, 0.29) is 17.6 Å². The van der Waals surface area contributed by atoms with Crippen molar-refractivity contribution in [2.24, 2.45) is 0 Å². The summed E-state index contributed by atoms with van der Waals surface area (Å²) >= 11 is 2.57. The first-order valence-corrected chi connectivity index (χ1v) is 11.9. The molecule has 9 heteroatoms. The van der Waals surface area contributed by atoms with E-state index in [2.05, 4.69) is 33.1 Å². The van der Waals surface area contributed by atoms with E-state index >= 15 is 0 Å². The van der Waals surface area contributed by atoms with Gasteiger partial charge in [0.25, 0.3) is 0 Å². The van der Waals surface area contributed by atoms with Crippen LogP contribution < -0.4 is 5.32 Å². The Kier molecular flexibility index (Phi) is 7.86. The first-order valence-electron chi connectivity index (χ1n) is 10.1. The van der Waals surface area contributed by atoms with Crippen LogP contribution in [0.25, 0.3) is 11.4 Å². The molecule has 164 valence electrons. The molecule has 2 heterocycles. The first-order chi connectivity index (χ1) is 14.9. The molecule has 31 heavy (non-hydrogen) atoms. The Morgan fingerprint density at radius 3 is 2.71 bits per heavy atom. The molecule has 0 aliphatic heterocycles. The van der Waals surface area contributed by atoms with Crippen molar-refractivity contribution in [3.05, 3.63) is 46.3 Å². The van der Waals surface area contributed by atoms with Crippen LogP contribution in [0.1, 0.15) is 41.1 Å². The van der Waals surface area contributed by atoms with Crippen molar-refractivity contribution in [2.75, 3.05) is 17.7 Å². The van der Waals surface area contributed by atoms with Crippen molar-refractivity contribution >= 4 is 40.0 Å². The second-order valence-electron chi connectivity index (χ2n) is 7.01. The number of thiophene rings is 1. The molecular formula is C22H26N4O3S2. The summed E-state index contributed by atoms with van der Waals surface area (Å²) in [5.74, 6) is 0.476. The van der Waals surface area contributed by atoms with Gasteiger partial charge in [-0.05, 0) is 44.9 Å². The van der Waals surface area contributed by atoms with E-state index in [1.54, 1.807) is 13.0 Å². The molecule has 0 spiro atoms. The third-order valence-electron chi connectivity index (χ3n) is 4.41. The molecule has 1 amide bonds. The Labute approximate surface area is 190 Å². The molecule has 0 aliphatic rings. The second kappa shape index (κ2) is 10.6. The van der Waals surface area contributed by atoms with Crippen LogP contribution in [0.15, 0.2) is 35.5 Å². The minimum Gasteiger partial charge on any atom is -0.462 e. The largest absolute Gasteiger partial charge is 0.462 e. The Bertz CT molecular complexity index is 1070. The minimum absolute atomic E-state index is 0.162. The van der Waals surface area contributed by atoms with Crippen LogP contribution in [0.5, 0.6) is 0 Å². The highest BCUT2D eigenvalue weighted by molar-refractivity contribution is 7.99. The number of rotatable bonds is 9. The number of amides is 1. The maximum Gasteiger partial charge on any atom is 0.348 e. The maximum absolute atomic E-state index is 12.5. The van der Waals surface area contributed by atoms with Crippen molar-refractivity contribution in [3.63, 3.8) is 0 Å². The quantitative estimate of drug-likeness (QED) is 0.361. The summed E-state index contributed by atoms with van der Waals surface area (Å²) < 4.78 is 7.11. The molecule has 0 unspecified atom stereocenters. The van der Waals surface area contributed by atoms with Gasteiger partial charge in [-0.1, -0.05) is 42.4 Å². The average molecular weight is 459 g/mol. The normalized spacial score (nSPS) is 10.8. The lowest BCUT2D eigenvalue weighted by Gasteiger charge is -2.09. The number of hydrogen-bond donors (Lipinski definition) is 1. The Morgan fingerprint density at radius 1 is 1.19 bits per heavy atom. The van der Waals surface area contributed by atoms with Crippen LogP contribution in [0, 0.1) is 13.8 Å². The molecule has 0 fully saturated rings. The summed E-state index contributed by atoms with van der Waals surface area (Å²) in [6.07, 6.45) is 0.932. The summed E-state index contributed by atoms with van der Waals surface area (Å²) in [4.78, 5) is 25.0. The topological polar surface area (TPSA) is 86.1 Å². The van der Waals surface area contributed by atoms with Crippen LogP contribution in [0.2, 0.25) is 0 Å². The second-order valence-corrected chi connectivity index (χ2v) is 9.00. The van der Waals surface area contributed by atoms with E-state index in [0.717, 1.165) is 35.5 Å². The summed E-state index contributed by atoms with van der Waals surface area (Å²) in [6.45, 7) is 8.82. The summed E-state index contributed by atoms with van der Waals surface area (Å²) in [5.41, 5.74) is 2.96. The number of thioether (sulfide) groups is 1. The van der Waals surface area contributed by atoms with Gasteiger partial charge in [-0.15, -0.1) is 21.5 Å². The lowest BCUT2D eigenvalue weighted by molar-refractivity contribution is -0.113. The van der Waals surface area contributed by atoms with Gasteiger partial charge in [0.1, 0.15) is 4.88 Å². The number of ether oxygens (including phenoxy) is 1. The van der Waals surface area contributed by atoms with E-state index in [4.69, 9.17) is 4.74 Å². The number of nitrogens with zero attached hydrogens (tertiary/aromatic N) is 3. The van der Waals surface area contributed by atoms with Crippen molar-refractivity contribution in [3.8, 4) is 11.4 Å². The zero-order chi connectivity index (χ0) is 22.4. The summed E-state index contributed by atoms with van der Waals surface area (Å²) in [7, 11) is 0. The van der Waals surface area contributed by atoms with Crippen LogP contribution in [-0.2, 0) is 16.1 Å². The zero-order valence-corrected chi connectivity index (χ0v) is 19.7. The molecule has 0 bridgehead atoms. The van der Waals surface area contributed by atoms with Gasteiger partial charge in [0.05, 0.1) is 17.4 Å². The number of aromatic nitrogens is 3. The highest BCUT2D eigenvalue weighted by Crippen LogP contribution is 2.28. The fourth-order valence-corrected chi connectivity index (χ4v) is 4.81. The zero-order valence-electron chi connectivity index (χ0n) is 18.1. The van der Waals surface area contributed by atoms with Gasteiger partial charge in [-0.25, -0.2) is 4.79 Å². The Balaban J connectivity index is 1.68. The van der Waals surface area contributed by atoms with Crippen molar-refractivity contribution in [1.82, 2.24) is 14.8 Å². The van der Waals surface area contributed by atoms with E-state index in [9.17, 15) is 9.59 Å². The third-order valence-corrected chi connectivity index (χ3v) is 6.51. The lowest BCUT2D eigenvalue weighted by atomic mass is 10.1. The molecule has 0 saturated heterocycles. The van der Waals surface area contributed by atoms with E-state index in [1.165, 1.54) is 23.1 Å². The van der Waals surface area contributed by atoms with Gasteiger partial charge in [-0.3, -0.25) is 4.79 Å². The lowest BCUT2D eigenvalue weighted by Crippen LogP contribution is -2.14. The third kappa shape index (κ3) is 5.74. The number of esters is 1. The number of carbonyl (C=O) groups is 2. The summed E-state index contributed by atoms with van der Waals surface area (Å²) in [6, 6.07) is 9.93. The molecule has 1 N–H and O–H groups in total. The van der Waals surface area contributed by atoms with Crippen molar-refractivity contribution in [2.45, 2.75) is 45.8 Å². The van der Waals surface area contributed by atoms with Crippen LogP contribution in [-0.4, -0.2) is 39.0 Å². The van der Waals surface area contributed by atoms with Crippen LogP contribution in [0.4, 0.5) is 5.00 Å². The van der Waals surface area contributed by atoms with Gasteiger partial charge in [0, 0.05) is 12.1 Å². The molecule has 3 aromatic rings. The number of hydrogen-bond acceptors (Lipinski definition) is 7. The van der Waals surface area contributed by atoms with Crippen molar-refractivity contribution in [1.29, 1.82) is 0 Å². The molecule has 0 radical (unpaired) electrons. The van der Waals surface area contributed by atoms with E-state index in [1.807, 2.05) is 32.0 Å². The predicted octanol–water partition coefficient (Wildman–Crippen LogP) is 4.94. The van der Waals surface area contributed by atoms with Gasteiger partial charge < -0.3 is 14.6 Å². The Hall–Kier alpha value is -2.65. The molecule has 0 atom stereocenters. The Morgan fingerprint density at radius 2 is 2.00 bits per heavy atom. The SMILES string of the molecule is CCCn1c(SCC(=O)Nc2cc(C)c(C(=O)OCC)s2)nnc1-c1cccc(C)c1. The van der Waals surface area contributed by atoms with Crippen LogP contribution in [0.3, 0.4) is 0 Å². The first kappa shape index (κ1) is 23.0. The molecule has 2 aromatic heterocycles. The van der Waals surface area contributed by atoms with Gasteiger partial charge in [-0.2, -0.15) is 0 Å². The molecule has 7 nitrogen and oxygen atoms in total. The van der Waals surface area contributed by atoms with Gasteiger partial charge in [0.15, 0.2) is 11.0 Å². The van der Waals surface area contributed by atoms with E-state index in [0.29, 0.717) is 21.6 Å². The molecule has 0 aliphatic carbocycles. The predicted molar refractivity (Wildman–Crippen MR) is 125 cm³/mol. The standard InChI is InChI=1S/C22H26N4O3S2/c1-5-10-26-20(16-9-7-8-14(3)11-16)24-25-22(26)30-13-17(27)23-18-12-15(4)19(31-18)21(28)29-6-2/h7-9,11-12H,5-6,10,13H2,1-4H3,(H,23,27). The number of benzene rings is 1. The smallest absolute Gasteiger partial charge is 0.348 e.